The summed E-state index contributed by atoms with van der Waals surface area (Å²) in [6, 6.07) is 0. The summed E-state index contributed by atoms with van der Waals surface area (Å²) in [5.41, 5.74) is 0.0135. The Kier molecular flexibility index (Phi) is 10.6. The van der Waals surface area contributed by atoms with Gasteiger partial charge in [0.1, 0.15) is 12.5 Å². The molecule has 0 saturated carbocycles. The monoisotopic (exact) mass is 348 g/mol. The molecule has 0 saturated heterocycles. The largest absolute Gasteiger partial charge is 0.350 e. The van der Waals surface area contributed by atoms with Crippen molar-refractivity contribution in [1.29, 1.82) is 0 Å². The summed E-state index contributed by atoms with van der Waals surface area (Å²) in [6.07, 6.45) is -0.743. The number of rotatable bonds is 11. The van der Waals surface area contributed by atoms with Gasteiger partial charge in [-0.15, -0.1) is 0 Å². The molecule has 0 spiro atoms. The molecule has 0 heterocycles. The second-order valence-electron chi connectivity index (χ2n) is 8.22. The van der Waals surface area contributed by atoms with Crippen LogP contribution < -0.4 is 10.6 Å². The van der Waals surface area contributed by atoms with Crippen LogP contribution in [0.5, 0.6) is 0 Å². The highest BCUT2D eigenvalue weighted by molar-refractivity contribution is 4.71. The molecule has 0 fully saturated rings. The normalized spacial score (nSPS) is 18.2. The molecule has 0 rings (SSSR count). The summed E-state index contributed by atoms with van der Waals surface area (Å²) in [5.74, 6) is 0. The maximum absolute atomic E-state index is 5.72. The molecule has 24 heavy (non-hydrogen) atoms. The minimum Gasteiger partial charge on any atom is -0.350 e. The molecule has 6 heteroatoms. The van der Waals surface area contributed by atoms with Crippen molar-refractivity contribution in [2.75, 3.05) is 13.2 Å². The minimum absolute atomic E-state index is 0.00675. The van der Waals surface area contributed by atoms with Crippen molar-refractivity contribution in [3.63, 3.8) is 0 Å². The van der Waals surface area contributed by atoms with Crippen molar-refractivity contribution >= 4 is 0 Å². The molecule has 6 nitrogen and oxygen atoms in total. The second-order valence-corrected chi connectivity index (χ2v) is 8.22. The van der Waals surface area contributed by atoms with E-state index in [1.807, 2.05) is 27.7 Å². The first-order valence-corrected chi connectivity index (χ1v) is 8.88. The van der Waals surface area contributed by atoms with Crippen LogP contribution in [0.2, 0.25) is 0 Å². The summed E-state index contributed by atoms with van der Waals surface area (Å²) in [6.45, 7) is 21.2. The van der Waals surface area contributed by atoms with E-state index >= 15 is 0 Å². The van der Waals surface area contributed by atoms with Crippen molar-refractivity contribution < 1.29 is 18.9 Å². The van der Waals surface area contributed by atoms with Crippen molar-refractivity contribution in [1.82, 2.24) is 10.6 Å². The highest BCUT2D eigenvalue weighted by Gasteiger charge is 2.17. The average molecular weight is 349 g/mol. The highest BCUT2D eigenvalue weighted by atomic mass is 16.7. The summed E-state index contributed by atoms with van der Waals surface area (Å²) >= 11 is 0. The zero-order valence-electron chi connectivity index (χ0n) is 17.4. The summed E-state index contributed by atoms with van der Waals surface area (Å²) in [5, 5.41) is 6.68. The first-order chi connectivity index (χ1) is 10.8. The van der Waals surface area contributed by atoms with Crippen LogP contribution in [0.15, 0.2) is 0 Å². The predicted molar refractivity (Wildman–Crippen MR) is 97.7 cm³/mol. The molecule has 0 aliphatic carbocycles. The molecule has 0 amide bonds. The number of nitrogens with one attached hydrogen (secondary N) is 2. The van der Waals surface area contributed by atoms with Gasteiger partial charge in [-0.1, -0.05) is 0 Å². The molecule has 2 N–H and O–H groups in total. The zero-order chi connectivity index (χ0) is 19.0. The van der Waals surface area contributed by atoms with Gasteiger partial charge in [-0.25, -0.2) is 0 Å². The Morgan fingerprint density at radius 3 is 1.17 bits per heavy atom. The van der Waals surface area contributed by atoms with Gasteiger partial charge in [0.2, 0.25) is 0 Å². The van der Waals surface area contributed by atoms with E-state index in [1.165, 1.54) is 0 Å². The minimum atomic E-state index is -0.295. The van der Waals surface area contributed by atoms with Gasteiger partial charge < -0.3 is 18.9 Å². The third-order valence-corrected chi connectivity index (χ3v) is 2.85. The third-order valence-electron chi connectivity index (χ3n) is 2.85. The molecule has 4 atom stereocenters. The average Bonchev–Trinajstić information content (AvgIpc) is 2.29. The number of hydrogen-bond donors (Lipinski definition) is 2. The molecule has 0 aromatic rings. The van der Waals surface area contributed by atoms with Crippen LogP contribution >= 0.6 is 0 Å². The first kappa shape index (κ1) is 23.8. The van der Waals surface area contributed by atoms with Crippen LogP contribution in [0.4, 0.5) is 0 Å². The summed E-state index contributed by atoms with van der Waals surface area (Å²) in [7, 11) is 0. The highest BCUT2D eigenvalue weighted by Crippen LogP contribution is 2.06. The Labute approximate surface area is 148 Å². The summed E-state index contributed by atoms with van der Waals surface area (Å²) in [4.78, 5) is 0. The van der Waals surface area contributed by atoms with Gasteiger partial charge in [-0.2, -0.15) is 0 Å². The predicted octanol–water partition coefficient (Wildman–Crippen LogP) is 3.21. The van der Waals surface area contributed by atoms with E-state index in [4.69, 9.17) is 18.9 Å². The fraction of sp³-hybridized carbons (Fsp3) is 1.00. The lowest BCUT2D eigenvalue weighted by Gasteiger charge is -2.29. The molecular formula is C18H40N2O4. The molecule has 0 aromatic carbocycles. The Hall–Kier alpha value is -0.240. The Morgan fingerprint density at radius 1 is 0.625 bits per heavy atom. The van der Waals surface area contributed by atoms with E-state index < -0.39 is 0 Å². The van der Waals surface area contributed by atoms with Crippen molar-refractivity contribution in [3.8, 4) is 0 Å². The van der Waals surface area contributed by atoms with E-state index in [-0.39, 0.29) is 36.1 Å². The molecule has 4 unspecified atom stereocenters. The molecular weight excluding hydrogens is 308 g/mol. The topological polar surface area (TPSA) is 61.0 Å². The lowest BCUT2D eigenvalue weighted by atomic mass is 10.1. The van der Waals surface area contributed by atoms with Crippen LogP contribution in [-0.4, -0.2) is 49.3 Å². The third kappa shape index (κ3) is 15.3. The molecule has 0 radical (unpaired) electrons. The standard InChI is InChI=1S/C18H40N2O4/c1-13(19-17(5,6)7)23-15(3)21-11-12-22-16(4)24-14(2)20-18(8,9)10/h13-16,19-20H,11-12H2,1-10H3. The van der Waals surface area contributed by atoms with Gasteiger partial charge in [-0.3, -0.25) is 10.6 Å². The lowest BCUT2D eigenvalue weighted by molar-refractivity contribution is -0.199. The Balaban J connectivity index is 3.80. The molecule has 0 aliphatic rings. The van der Waals surface area contributed by atoms with Gasteiger partial charge in [0, 0.05) is 11.1 Å². The number of hydrogen-bond acceptors (Lipinski definition) is 6. The van der Waals surface area contributed by atoms with Gasteiger partial charge >= 0.3 is 0 Å². The smallest absolute Gasteiger partial charge is 0.156 e. The lowest BCUT2D eigenvalue weighted by Crippen LogP contribution is -2.45. The van der Waals surface area contributed by atoms with Crippen LogP contribution in [0.1, 0.15) is 69.2 Å². The van der Waals surface area contributed by atoms with Gasteiger partial charge in [0.15, 0.2) is 12.6 Å². The Morgan fingerprint density at radius 2 is 0.917 bits per heavy atom. The van der Waals surface area contributed by atoms with Crippen LogP contribution in [0.25, 0.3) is 0 Å². The molecule has 0 aliphatic heterocycles. The molecule has 146 valence electrons. The second kappa shape index (κ2) is 10.7. The first-order valence-electron chi connectivity index (χ1n) is 8.88. The van der Waals surface area contributed by atoms with E-state index in [0.717, 1.165) is 0 Å². The molecule has 0 bridgehead atoms. The quantitative estimate of drug-likeness (QED) is 0.442. The van der Waals surface area contributed by atoms with E-state index in [1.54, 1.807) is 0 Å². The van der Waals surface area contributed by atoms with Crippen molar-refractivity contribution in [2.24, 2.45) is 0 Å². The maximum atomic E-state index is 5.72. The van der Waals surface area contributed by atoms with Gasteiger partial charge in [0.05, 0.1) is 13.2 Å². The fourth-order valence-corrected chi connectivity index (χ4v) is 2.37. The maximum Gasteiger partial charge on any atom is 0.156 e. The van der Waals surface area contributed by atoms with E-state index in [9.17, 15) is 0 Å². The van der Waals surface area contributed by atoms with Gasteiger partial charge in [-0.05, 0) is 69.2 Å². The zero-order valence-corrected chi connectivity index (χ0v) is 17.4. The van der Waals surface area contributed by atoms with E-state index in [0.29, 0.717) is 13.2 Å². The Bertz CT molecular complexity index is 294. The number of ether oxygens (including phenoxy) is 4. The SMILES string of the molecule is CC(NC(C)(C)C)OC(C)OCCOC(C)OC(C)NC(C)(C)C. The van der Waals surface area contributed by atoms with Crippen LogP contribution in [0.3, 0.4) is 0 Å². The van der Waals surface area contributed by atoms with E-state index in [2.05, 4.69) is 52.2 Å². The van der Waals surface area contributed by atoms with Crippen molar-refractivity contribution in [2.45, 2.75) is 105 Å². The molecule has 0 aromatic heterocycles. The fourth-order valence-electron chi connectivity index (χ4n) is 2.37. The summed E-state index contributed by atoms with van der Waals surface area (Å²) < 4.78 is 22.7. The van der Waals surface area contributed by atoms with Crippen LogP contribution in [-0.2, 0) is 18.9 Å². The van der Waals surface area contributed by atoms with Crippen LogP contribution in [0, 0.1) is 0 Å². The van der Waals surface area contributed by atoms with Gasteiger partial charge in [0.25, 0.3) is 0 Å². The van der Waals surface area contributed by atoms with Crippen molar-refractivity contribution in [3.05, 3.63) is 0 Å².